The summed E-state index contributed by atoms with van der Waals surface area (Å²) in [6.07, 6.45) is 1.57. The summed E-state index contributed by atoms with van der Waals surface area (Å²) in [6, 6.07) is 10.4. The van der Waals surface area contributed by atoms with E-state index in [0.717, 1.165) is 38.5 Å². The fourth-order valence-electron chi connectivity index (χ4n) is 3.15. The van der Waals surface area contributed by atoms with E-state index in [-0.39, 0.29) is 5.11 Å². The van der Waals surface area contributed by atoms with Crippen LogP contribution in [0.15, 0.2) is 39.9 Å². The topological polar surface area (TPSA) is 70.0 Å². The number of nitrogens with one attached hydrogen (secondary N) is 1. The number of aryl methyl sites for hydroxylation is 1. The normalized spacial score (nSPS) is 15.5. The Balaban J connectivity index is 1.53. The van der Waals surface area contributed by atoms with Crippen LogP contribution in [0.3, 0.4) is 0 Å². The standard InChI is InChI=1S/C19H25N5OS/c1-14-4-3-5-18(15(14)2)24-10-8-23(9-11-24)13-17-7-6-16(25-17)12-21-22-19(20)26/h3-7,12H,8-11,13H2,1-2H3,(H3,20,22,26). The first-order valence-corrected chi connectivity index (χ1v) is 9.14. The van der Waals surface area contributed by atoms with Crippen LogP contribution in [0.25, 0.3) is 0 Å². The van der Waals surface area contributed by atoms with Gasteiger partial charge in [0.1, 0.15) is 11.5 Å². The SMILES string of the molecule is Cc1cccc(N2CCN(Cc3ccc(C=NNC(N)=S)o3)CC2)c1C. The summed E-state index contributed by atoms with van der Waals surface area (Å²) in [4.78, 5) is 4.88. The lowest BCUT2D eigenvalue weighted by Crippen LogP contribution is -2.46. The smallest absolute Gasteiger partial charge is 0.184 e. The minimum atomic E-state index is 0.134. The fourth-order valence-corrected chi connectivity index (χ4v) is 3.21. The van der Waals surface area contributed by atoms with Crippen LogP contribution in [0.4, 0.5) is 5.69 Å². The zero-order valence-electron chi connectivity index (χ0n) is 15.2. The van der Waals surface area contributed by atoms with Crippen LogP contribution in [0.5, 0.6) is 0 Å². The van der Waals surface area contributed by atoms with Crippen molar-refractivity contribution >= 4 is 29.2 Å². The number of thiocarbonyl (C=S) groups is 1. The van der Waals surface area contributed by atoms with Gasteiger partial charge in [-0.15, -0.1) is 0 Å². The molecule has 0 unspecified atom stereocenters. The highest BCUT2D eigenvalue weighted by atomic mass is 32.1. The predicted octanol–water partition coefficient (Wildman–Crippen LogP) is 2.39. The number of hydrogen-bond donors (Lipinski definition) is 2. The van der Waals surface area contributed by atoms with Crippen molar-refractivity contribution in [3.63, 3.8) is 0 Å². The summed E-state index contributed by atoms with van der Waals surface area (Å²) in [6.45, 7) is 9.26. The molecule has 0 radical (unpaired) electrons. The molecule has 138 valence electrons. The van der Waals surface area contributed by atoms with Crippen molar-refractivity contribution in [1.82, 2.24) is 10.3 Å². The van der Waals surface area contributed by atoms with Crippen LogP contribution >= 0.6 is 12.2 Å². The second-order valence-corrected chi connectivity index (χ2v) is 6.96. The second-order valence-electron chi connectivity index (χ2n) is 6.52. The molecular formula is C19H25N5OS. The lowest BCUT2D eigenvalue weighted by Gasteiger charge is -2.36. The molecule has 2 heterocycles. The average molecular weight is 372 g/mol. The third-order valence-corrected chi connectivity index (χ3v) is 4.81. The molecular weight excluding hydrogens is 346 g/mol. The zero-order valence-corrected chi connectivity index (χ0v) is 16.1. The van der Waals surface area contributed by atoms with Crippen LogP contribution in [0.1, 0.15) is 22.6 Å². The van der Waals surface area contributed by atoms with Crippen LogP contribution in [0, 0.1) is 13.8 Å². The van der Waals surface area contributed by atoms with Gasteiger partial charge < -0.3 is 15.1 Å². The molecule has 0 saturated carbocycles. The molecule has 1 fully saturated rings. The van der Waals surface area contributed by atoms with Crippen molar-refractivity contribution < 1.29 is 4.42 Å². The van der Waals surface area contributed by atoms with Crippen LogP contribution in [-0.2, 0) is 6.54 Å². The van der Waals surface area contributed by atoms with E-state index in [1.54, 1.807) is 6.21 Å². The van der Waals surface area contributed by atoms with Gasteiger partial charge in [0.25, 0.3) is 0 Å². The Morgan fingerprint density at radius 2 is 2.00 bits per heavy atom. The van der Waals surface area contributed by atoms with Crippen LogP contribution in [0.2, 0.25) is 0 Å². The summed E-state index contributed by atoms with van der Waals surface area (Å²) >= 11 is 4.70. The Morgan fingerprint density at radius 3 is 2.73 bits per heavy atom. The van der Waals surface area contributed by atoms with E-state index in [0.29, 0.717) is 5.76 Å². The second kappa shape index (κ2) is 8.33. The number of hydrogen-bond acceptors (Lipinski definition) is 5. The highest BCUT2D eigenvalue weighted by Crippen LogP contribution is 2.24. The van der Waals surface area contributed by atoms with Crippen molar-refractivity contribution in [3.8, 4) is 0 Å². The van der Waals surface area contributed by atoms with Gasteiger partial charge in [-0.1, -0.05) is 12.1 Å². The number of nitrogens with zero attached hydrogens (tertiary/aromatic N) is 3. The molecule has 2 aromatic rings. The van der Waals surface area contributed by atoms with E-state index >= 15 is 0 Å². The predicted molar refractivity (Wildman–Crippen MR) is 110 cm³/mol. The molecule has 6 nitrogen and oxygen atoms in total. The molecule has 0 amide bonds. The molecule has 3 rings (SSSR count). The van der Waals surface area contributed by atoms with Gasteiger partial charge >= 0.3 is 0 Å². The Kier molecular flexibility index (Phi) is 5.90. The lowest BCUT2D eigenvalue weighted by atomic mass is 10.1. The molecule has 1 aromatic heterocycles. The first kappa shape index (κ1) is 18.4. The van der Waals surface area contributed by atoms with Crippen LogP contribution in [-0.4, -0.2) is 42.4 Å². The molecule has 0 spiro atoms. The van der Waals surface area contributed by atoms with Crippen molar-refractivity contribution in [1.29, 1.82) is 0 Å². The first-order valence-electron chi connectivity index (χ1n) is 8.73. The van der Waals surface area contributed by atoms with Crippen LogP contribution < -0.4 is 16.1 Å². The van der Waals surface area contributed by atoms with E-state index in [9.17, 15) is 0 Å². The zero-order chi connectivity index (χ0) is 18.5. The molecule has 1 aromatic carbocycles. The molecule has 1 aliphatic heterocycles. The van der Waals surface area contributed by atoms with Gasteiger partial charge in [-0.3, -0.25) is 10.3 Å². The minimum absolute atomic E-state index is 0.134. The number of piperazine rings is 1. The van der Waals surface area contributed by atoms with Gasteiger partial charge in [0, 0.05) is 31.9 Å². The quantitative estimate of drug-likeness (QED) is 0.478. The largest absolute Gasteiger partial charge is 0.459 e. The maximum absolute atomic E-state index is 5.79. The number of benzene rings is 1. The van der Waals surface area contributed by atoms with E-state index in [1.807, 2.05) is 12.1 Å². The third-order valence-electron chi connectivity index (χ3n) is 4.72. The summed E-state index contributed by atoms with van der Waals surface area (Å²) in [5.74, 6) is 1.61. The molecule has 0 bridgehead atoms. The van der Waals surface area contributed by atoms with E-state index < -0.39 is 0 Å². The Hall–Kier alpha value is -2.38. The maximum atomic E-state index is 5.79. The molecule has 3 N–H and O–H groups in total. The highest BCUT2D eigenvalue weighted by molar-refractivity contribution is 7.80. The van der Waals surface area contributed by atoms with Gasteiger partial charge in [0.05, 0.1) is 12.8 Å². The highest BCUT2D eigenvalue weighted by Gasteiger charge is 2.19. The molecule has 0 atom stereocenters. The molecule has 0 aliphatic carbocycles. The average Bonchev–Trinajstić information content (AvgIpc) is 3.05. The van der Waals surface area contributed by atoms with Gasteiger partial charge in [-0.25, -0.2) is 0 Å². The van der Waals surface area contributed by atoms with Crippen molar-refractivity contribution in [2.45, 2.75) is 20.4 Å². The number of anilines is 1. The van der Waals surface area contributed by atoms with Gasteiger partial charge in [0.2, 0.25) is 0 Å². The summed E-state index contributed by atoms with van der Waals surface area (Å²) in [5.41, 5.74) is 11.9. The Bertz CT molecular complexity index is 793. The van der Waals surface area contributed by atoms with Gasteiger partial charge in [-0.2, -0.15) is 5.10 Å². The van der Waals surface area contributed by atoms with Gasteiger partial charge in [0.15, 0.2) is 5.11 Å². The van der Waals surface area contributed by atoms with Gasteiger partial charge in [-0.05, 0) is 55.4 Å². The summed E-state index contributed by atoms with van der Waals surface area (Å²) < 4.78 is 5.79. The first-order chi connectivity index (χ1) is 12.5. The Labute approximate surface area is 159 Å². The van der Waals surface area contributed by atoms with Crippen molar-refractivity contribution in [2.24, 2.45) is 10.8 Å². The maximum Gasteiger partial charge on any atom is 0.184 e. The van der Waals surface area contributed by atoms with E-state index in [2.05, 4.69) is 52.4 Å². The third kappa shape index (κ3) is 4.62. The summed E-state index contributed by atoms with van der Waals surface area (Å²) in [5, 5.41) is 4.04. The summed E-state index contributed by atoms with van der Waals surface area (Å²) in [7, 11) is 0. The number of hydrazone groups is 1. The number of nitrogens with two attached hydrogens (primary N) is 1. The molecule has 1 saturated heterocycles. The molecule has 26 heavy (non-hydrogen) atoms. The van der Waals surface area contributed by atoms with Crippen molar-refractivity contribution in [2.75, 3.05) is 31.1 Å². The molecule has 7 heteroatoms. The lowest BCUT2D eigenvalue weighted by molar-refractivity contribution is 0.230. The number of rotatable bonds is 5. The minimum Gasteiger partial charge on any atom is -0.459 e. The van der Waals surface area contributed by atoms with Crippen molar-refractivity contribution in [3.05, 3.63) is 53.0 Å². The van der Waals surface area contributed by atoms with E-state index in [1.165, 1.54) is 16.8 Å². The number of furan rings is 1. The Morgan fingerprint density at radius 1 is 1.23 bits per heavy atom. The molecule has 1 aliphatic rings. The van der Waals surface area contributed by atoms with E-state index in [4.69, 9.17) is 22.4 Å². The fraction of sp³-hybridized carbons (Fsp3) is 0.368. The monoisotopic (exact) mass is 371 g/mol.